The minimum atomic E-state index is -1.11. The van der Waals surface area contributed by atoms with Crippen LogP contribution in [-0.4, -0.2) is 35.6 Å². The number of esters is 1. The third kappa shape index (κ3) is 7.34. The minimum absolute atomic E-state index is 0.0211. The molecule has 0 fully saturated rings. The molecule has 0 saturated carbocycles. The number of nitrogens with one attached hydrogen (secondary N) is 1. The zero-order valence-electron chi connectivity index (χ0n) is 17.2. The Morgan fingerprint density at radius 3 is 2.45 bits per heavy atom. The maximum atomic E-state index is 13.1. The van der Waals surface area contributed by atoms with Gasteiger partial charge in [-0.05, 0) is 30.5 Å². The molecule has 0 atom stereocenters. The van der Waals surface area contributed by atoms with Crippen LogP contribution in [0.25, 0.3) is 0 Å². The van der Waals surface area contributed by atoms with E-state index in [4.69, 9.17) is 19.9 Å². The predicted octanol–water partition coefficient (Wildman–Crippen LogP) is 2.72. The SMILES string of the molecule is CCC(CC)OC(=O)c1cnc(OC(=O)NC(=O)CN)c(OCc2ccc(F)cc2)c1. The maximum absolute atomic E-state index is 13.1. The van der Waals surface area contributed by atoms with Crippen LogP contribution < -0.4 is 20.5 Å². The summed E-state index contributed by atoms with van der Waals surface area (Å²) >= 11 is 0. The molecule has 1 aromatic carbocycles. The number of carbonyl (C=O) groups is 3. The first-order valence-electron chi connectivity index (χ1n) is 9.66. The molecule has 9 nitrogen and oxygen atoms in total. The van der Waals surface area contributed by atoms with Crippen LogP contribution in [0.1, 0.15) is 42.6 Å². The van der Waals surface area contributed by atoms with Crippen molar-refractivity contribution in [3.63, 3.8) is 0 Å². The predicted molar refractivity (Wildman–Crippen MR) is 108 cm³/mol. The van der Waals surface area contributed by atoms with Crippen molar-refractivity contribution in [3.05, 3.63) is 53.5 Å². The second-order valence-electron chi connectivity index (χ2n) is 6.43. The minimum Gasteiger partial charge on any atom is -0.483 e. The zero-order chi connectivity index (χ0) is 22.8. The maximum Gasteiger partial charge on any atom is 0.420 e. The standard InChI is InChI=1S/C21H24FN3O6/c1-3-16(4-2)30-20(27)14-9-17(29-12-13-5-7-15(22)8-6-13)19(24-11-14)31-21(28)25-18(26)10-23/h5-9,11,16H,3-4,10,12,23H2,1-2H3,(H,25,26,28). The van der Waals surface area contributed by atoms with Crippen molar-refractivity contribution in [2.45, 2.75) is 39.4 Å². The van der Waals surface area contributed by atoms with Crippen LogP contribution in [0.2, 0.25) is 0 Å². The number of carbonyl (C=O) groups excluding carboxylic acids is 3. The lowest BCUT2D eigenvalue weighted by Gasteiger charge is -2.15. The van der Waals surface area contributed by atoms with Crippen molar-refractivity contribution >= 4 is 18.0 Å². The van der Waals surface area contributed by atoms with Crippen molar-refractivity contribution < 1.29 is 33.0 Å². The first kappa shape index (κ1) is 23.7. The van der Waals surface area contributed by atoms with E-state index in [1.54, 1.807) is 0 Å². The molecule has 31 heavy (non-hydrogen) atoms. The molecule has 0 spiro atoms. The highest BCUT2D eigenvalue weighted by Crippen LogP contribution is 2.27. The van der Waals surface area contributed by atoms with Gasteiger partial charge in [0.05, 0.1) is 12.1 Å². The molecule has 2 amide bonds. The Hall–Kier alpha value is -3.53. The average Bonchev–Trinajstić information content (AvgIpc) is 2.77. The van der Waals surface area contributed by atoms with Gasteiger partial charge in [0, 0.05) is 12.3 Å². The van der Waals surface area contributed by atoms with Gasteiger partial charge in [-0.3, -0.25) is 10.1 Å². The molecule has 0 radical (unpaired) electrons. The van der Waals surface area contributed by atoms with Gasteiger partial charge in [-0.25, -0.2) is 19.0 Å². The van der Waals surface area contributed by atoms with Gasteiger partial charge >= 0.3 is 12.1 Å². The molecule has 1 aromatic heterocycles. The van der Waals surface area contributed by atoms with E-state index in [0.717, 1.165) is 0 Å². The topological polar surface area (TPSA) is 130 Å². The van der Waals surface area contributed by atoms with E-state index in [0.29, 0.717) is 18.4 Å². The molecule has 3 N–H and O–H groups in total. The molecule has 0 aliphatic rings. The zero-order valence-corrected chi connectivity index (χ0v) is 17.2. The van der Waals surface area contributed by atoms with Crippen molar-refractivity contribution in [2.24, 2.45) is 5.73 Å². The van der Waals surface area contributed by atoms with Crippen molar-refractivity contribution in [3.8, 4) is 11.6 Å². The van der Waals surface area contributed by atoms with E-state index < -0.39 is 30.3 Å². The summed E-state index contributed by atoms with van der Waals surface area (Å²) in [4.78, 5) is 39.5. The number of imide groups is 1. The normalized spacial score (nSPS) is 10.5. The number of pyridine rings is 1. The second-order valence-corrected chi connectivity index (χ2v) is 6.43. The van der Waals surface area contributed by atoms with Crippen molar-refractivity contribution in [1.82, 2.24) is 10.3 Å². The fourth-order valence-electron chi connectivity index (χ4n) is 2.42. The summed E-state index contributed by atoms with van der Waals surface area (Å²) in [7, 11) is 0. The fraction of sp³-hybridized carbons (Fsp3) is 0.333. The molecule has 0 bridgehead atoms. The quantitative estimate of drug-likeness (QED) is 0.578. The monoisotopic (exact) mass is 433 g/mol. The number of halogens is 1. The number of ether oxygens (including phenoxy) is 3. The molecule has 2 aromatic rings. The van der Waals surface area contributed by atoms with Gasteiger partial charge in [-0.2, -0.15) is 0 Å². The number of benzene rings is 1. The summed E-state index contributed by atoms with van der Waals surface area (Å²) < 4.78 is 29.1. The highest BCUT2D eigenvalue weighted by Gasteiger charge is 2.19. The summed E-state index contributed by atoms with van der Waals surface area (Å²) in [5, 5.41) is 1.91. The van der Waals surface area contributed by atoms with Crippen LogP contribution in [-0.2, 0) is 16.1 Å². The molecule has 0 saturated heterocycles. The van der Waals surface area contributed by atoms with E-state index in [-0.39, 0.29) is 29.9 Å². The Kier molecular flexibility index (Phi) is 8.89. The average molecular weight is 433 g/mol. The molecular weight excluding hydrogens is 409 g/mol. The number of hydrogen-bond donors (Lipinski definition) is 2. The summed E-state index contributed by atoms with van der Waals surface area (Å²) in [5.74, 6) is -2.07. The highest BCUT2D eigenvalue weighted by molar-refractivity contribution is 5.93. The van der Waals surface area contributed by atoms with E-state index in [9.17, 15) is 18.8 Å². The van der Waals surface area contributed by atoms with Gasteiger partial charge in [0.15, 0.2) is 5.75 Å². The number of rotatable bonds is 9. The third-order valence-corrected chi connectivity index (χ3v) is 4.16. The summed E-state index contributed by atoms with van der Waals surface area (Å²) in [6, 6.07) is 6.88. The number of hydrogen-bond acceptors (Lipinski definition) is 8. The van der Waals surface area contributed by atoms with Crippen LogP contribution in [0.5, 0.6) is 11.6 Å². The van der Waals surface area contributed by atoms with Gasteiger partial charge < -0.3 is 19.9 Å². The molecular formula is C21H24FN3O6. The Balaban J connectivity index is 2.23. The third-order valence-electron chi connectivity index (χ3n) is 4.16. The van der Waals surface area contributed by atoms with E-state index in [1.165, 1.54) is 36.5 Å². The van der Waals surface area contributed by atoms with Crippen LogP contribution >= 0.6 is 0 Å². The molecule has 0 aliphatic carbocycles. The van der Waals surface area contributed by atoms with Gasteiger partial charge in [-0.1, -0.05) is 26.0 Å². The van der Waals surface area contributed by atoms with Crippen molar-refractivity contribution in [1.29, 1.82) is 0 Å². The first-order chi connectivity index (χ1) is 14.9. The summed E-state index contributed by atoms with van der Waals surface area (Å²) in [6.07, 6.45) is 1.12. The van der Waals surface area contributed by atoms with Gasteiger partial charge in [0.2, 0.25) is 5.91 Å². The molecule has 10 heteroatoms. The largest absolute Gasteiger partial charge is 0.483 e. The number of nitrogens with two attached hydrogens (primary N) is 1. The number of nitrogens with zero attached hydrogens (tertiary/aromatic N) is 1. The van der Waals surface area contributed by atoms with Crippen LogP contribution in [0.15, 0.2) is 36.5 Å². The number of aromatic nitrogens is 1. The first-order valence-corrected chi connectivity index (χ1v) is 9.66. The van der Waals surface area contributed by atoms with Crippen LogP contribution in [0.3, 0.4) is 0 Å². The van der Waals surface area contributed by atoms with Crippen LogP contribution in [0, 0.1) is 5.82 Å². The van der Waals surface area contributed by atoms with Gasteiger partial charge in [-0.15, -0.1) is 0 Å². The lowest BCUT2D eigenvalue weighted by Crippen LogP contribution is -2.37. The second kappa shape index (κ2) is 11.6. The van der Waals surface area contributed by atoms with E-state index in [1.807, 2.05) is 19.2 Å². The lowest BCUT2D eigenvalue weighted by molar-refractivity contribution is -0.118. The molecule has 2 rings (SSSR count). The van der Waals surface area contributed by atoms with Gasteiger partial charge in [0.25, 0.3) is 5.88 Å². The number of amides is 2. The highest BCUT2D eigenvalue weighted by atomic mass is 19.1. The Labute approximate surface area is 178 Å². The Bertz CT molecular complexity index is 916. The summed E-state index contributed by atoms with van der Waals surface area (Å²) in [5.41, 5.74) is 5.86. The Morgan fingerprint density at radius 1 is 1.16 bits per heavy atom. The molecule has 1 heterocycles. The van der Waals surface area contributed by atoms with Gasteiger partial charge in [0.1, 0.15) is 18.5 Å². The van der Waals surface area contributed by atoms with E-state index >= 15 is 0 Å². The van der Waals surface area contributed by atoms with Crippen molar-refractivity contribution in [2.75, 3.05) is 6.54 Å². The van der Waals surface area contributed by atoms with E-state index in [2.05, 4.69) is 4.98 Å². The molecule has 0 aliphatic heterocycles. The van der Waals surface area contributed by atoms with Crippen LogP contribution in [0.4, 0.5) is 9.18 Å². The Morgan fingerprint density at radius 2 is 1.84 bits per heavy atom. The summed E-state index contributed by atoms with van der Waals surface area (Å²) in [6.45, 7) is 3.37. The molecule has 166 valence electrons. The smallest absolute Gasteiger partial charge is 0.420 e. The fourth-order valence-corrected chi connectivity index (χ4v) is 2.42. The lowest BCUT2D eigenvalue weighted by atomic mass is 10.2. The molecule has 0 unspecified atom stereocenters.